The van der Waals surface area contributed by atoms with Crippen LogP contribution in [0.1, 0.15) is 29.5 Å². The summed E-state index contributed by atoms with van der Waals surface area (Å²) >= 11 is 0. The molecule has 2 aromatic rings. The molecule has 1 unspecified atom stereocenters. The first kappa shape index (κ1) is 22.4. The molecular formula is C24H28O8. The van der Waals surface area contributed by atoms with Crippen molar-refractivity contribution < 1.29 is 39.1 Å². The number of hydrogen-bond acceptors (Lipinski definition) is 7. The van der Waals surface area contributed by atoms with Crippen molar-refractivity contribution in [2.75, 3.05) is 26.4 Å². The molecule has 2 atom stereocenters. The topological polar surface area (TPSA) is 115 Å². The molecule has 3 N–H and O–H groups in total. The predicted molar refractivity (Wildman–Crippen MR) is 114 cm³/mol. The molecule has 8 nitrogen and oxygen atoms in total. The molecule has 32 heavy (non-hydrogen) atoms. The molecule has 0 bridgehead atoms. The fraction of sp³-hybridized carbons (Fsp3) is 0.458. The summed E-state index contributed by atoms with van der Waals surface area (Å²) in [5, 5.41) is 29.4. The monoisotopic (exact) mass is 444 g/mol. The lowest BCUT2D eigenvalue weighted by molar-refractivity contribution is -0.159. The molecule has 8 heteroatoms. The zero-order valence-electron chi connectivity index (χ0n) is 17.8. The average molecular weight is 444 g/mol. The van der Waals surface area contributed by atoms with Gasteiger partial charge in [0, 0.05) is 30.6 Å². The fourth-order valence-corrected chi connectivity index (χ4v) is 4.15. The van der Waals surface area contributed by atoms with E-state index in [0.29, 0.717) is 36.7 Å². The van der Waals surface area contributed by atoms with Gasteiger partial charge in [-0.1, -0.05) is 12.1 Å². The first-order chi connectivity index (χ1) is 15.5. The number of ether oxygens (including phenoxy) is 4. The van der Waals surface area contributed by atoms with Crippen molar-refractivity contribution in [1.82, 2.24) is 0 Å². The average Bonchev–Trinajstić information content (AvgIpc) is 3.46. The van der Waals surface area contributed by atoms with Gasteiger partial charge in [-0.15, -0.1) is 0 Å². The summed E-state index contributed by atoms with van der Waals surface area (Å²) in [5.74, 6) is 0.875. The number of benzene rings is 2. The number of carboxylic acid groups (broad SMARTS) is 1. The summed E-state index contributed by atoms with van der Waals surface area (Å²) in [6.07, 6.45) is 1.36. The van der Waals surface area contributed by atoms with E-state index < -0.39 is 17.7 Å². The largest absolute Gasteiger partial charge is 0.493 e. The molecule has 0 aliphatic carbocycles. The van der Waals surface area contributed by atoms with Crippen LogP contribution in [0.3, 0.4) is 0 Å². The summed E-state index contributed by atoms with van der Waals surface area (Å²) < 4.78 is 22.5. The summed E-state index contributed by atoms with van der Waals surface area (Å²) in [7, 11) is 0. The standard InChI is InChI=1S/C24H28O8/c25-13-18-11-21(10-17-5-8-29-22(17)18)31-15-19(26)14-30-20-4-1-3-16(9-20)12-24(23(27)28)6-2-7-32-24/h1,3-4,9-11,19,25-26H,2,5-8,12-15H2,(H,27,28)/t19-,24?/m1/s1. The van der Waals surface area contributed by atoms with Gasteiger partial charge in [0.05, 0.1) is 13.2 Å². The number of fused-ring (bicyclic) bond motifs is 1. The third kappa shape index (κ3) is 4.98. The predicted octanol–water partition coefficient (Wildman–Crippen LogP) is 2.11. The molecule has 0 saturated carbocycles. The number of carbonyl (C=O) groups is 1. The lowest BCUT2D eigenvalue weighted by Crippen LogP contribution is -2.40. The SMILES string of the molecule is O=C(O)C1(Cc2cccc(OC[C@@H](O)COc3cc(CO)c4c(c3)CCO4)c2)CCCO1. The lowest BCUT2D eigenvalue weighted by atomic mass is 9.91. The van der Waals surface area contributed by atoms with Gasteiger partial charge < -0.3 is 34.3 Å². The van der Waals surface area contributed by atoms with Crippen LogP contribution in [0.4, 0.5) is 0 Å². The number of aliphatic hydroxyl groups excluding tert-OH is 2. The second-order valence-electron chi connectivity index (χ2n) is 8.18. The Hall–Kier alpha value is -2.81. The van der Waals surface area contributed by atoms with Crippen molar-refractivity contribution in [3.05, 3.63) is 53.1 Å². The zero-order valence-corrected chi connectivity index (χ0v) is 17.8. The highest BCUT2D eigenvalue weighted by Gasteiger charge is 2.42. The third-order valence-electron chi connectivity index (χ3n) is 5.77. The highest BCUT2D eigenvalue weighted by Crippen LogP contribution is 2.34. The van der Waals surface area contributed by atoms with Gasteiger partial charge in [0.25, 0.3) is 0 Å². The Bertz CT molecular complexity index is 951. The van der Waals surface area contributed by atoms with Crippen molar-refractivity contribution in [1.29, 1.82) is 0 Å². The Morgan fingerprint density at radius 1 is 1.12 bits per heavy atom. The number of aliphatic carboxylic acids is 1. The van der Waals surface area contributed by atoms with Gasteiger partial charge in [-0.2, -0.15) is 0 Å². The first-order valence-corrected chi connectivity index (χ1v) is 10.8. The maximum absolute atomic E-state index is 11.7. The van der Waals surface area contributed by atoms with E-state index in [9.17, 15) is 20.1 Å². The van der Waals surface area contributed by atoms with Crippen molar-refractivity contribution in [3.63, 3.8) is 0 Å². The molecule has 2 aromatic carbocycles. The highest BCUT2D eigenvalue weighted by molar-refractivity contribution is 5.78. The van der Waals surface area contributed by atoms with Gasteiger partial charge in [-0.3, -0.25) is 0 Å². The molecule has 2 aliphatic heterocycles. The lowest BCUT2D eigenvalue weighted by Gasteiger charge is -2.23. The van der Waals surface area contributed by atoms with Crippen molar-refractivity contribution >= 4 is 5.97 Å². The second-order valence-corrected chi connectivity index (χ2v) is 8.18. The van der Waals surface area contributed by atoms with E-state index in [1.807, 2.05) is 12.1 Å². The van der Waals surface area contributed by atoms with E-state index in [-0.39, 0.29) is 26.2 Å². The van der Waals surface area contributed by atoms with E-state index in [1.54, 1.807) is 24.3 Å². The quantitative estimate of drug-likeness (QED) is 0.511. The Balaban J connectivity index is 1.30. The van der Waals surface area contributed by atoms with Crippen LogP contribution < -0.4 is 14.2 Å². The van der Waals surface area contributed by atoms with Crippen LogP contribution in [0.25, 0.3) is 0 Å². The fourth-order valence-electron chi connectivity index (χ4n) is 4.15. The van der Waals surface area contributed by atoms with Crippen LogP contribution >= 0.6 is 0 Å². The van der Waals surface area contributed by atoms with Gasteiger partial charge in [0.1, 0.15) is 36.6 Å². The van der Waals surface area contributed by atoms with E-state index >= 15 is 0 Å². The number of carboxylic acids is 1. The Kier molecular flexibility index (Phi) is 6.83. The summed E-state index contributed by atoms with van der Waals surface area (Å²) in [4.78, 5) is 11.7. The van der Waals surface area contributed by atoms with E-state index in [2.05, 4.69) is 0 Å². The van der Waals surface area contributed by atoms with Gasteiger partial charge in [-0.05, 0) is 42.7 Å². The smallest absolute Gasteiger partial charge is 0.336 e. The van der Waals surface area contributed by atoms with Crippen molar-refractivity contribution in [2.45, 2.75) is 44.0 Å². The minimum absolute atomic E-state index is 0.0188. The molecule has 0 radical (unpaired) electrons. The van der Waals surface area contributed by atoms with Crippen LogP contribution in [0, 0.1) is 0 Å². The minimum Gasteiger partial charge on any atom is -0.493 e. The van der Waals surface area contributed by atoms with Crippen LogP contribution in [0.5, 0.6) is 17.2 Å². The molecule has 1 saturated heterocycles. The number of aliphatic hydroxyl groups is 2. The Labute approximate surface area is 186 Å². The van der Waals surface area contributed by atoms with E-state index in [1.165, 1.54) is 0 Å². The normalized spacial score (nSPS) is 20.4. The number of hydrogen-bond donors (Lipinski definition) is 3. The summed E-state index contributed by atoms with van der Waals surface area (Å²) in [6, 6.07) is 10.7. The van der Waals surface area contributed by atoms with E-state index in [4.69, 9.17) is 18.9 Å². The minimum atomic E-state index is -1.18. The van der Waals surface area contributed by atoms with Crippen LogP contribution in [-0.2, 0) is 29.0 Å². The van der Waals surface area contributed by atoms with Crippen LogP contribution in [0.15, 0.2) is 36.4 Å². The Morgan fingerprint density at radius 3 is 2.66 bits per heavy atom. The third-order valence-corrected chi connectivity index (χ3v) is 5.77. The molecule has 1 fully saturated rings. The molecule has 172 valence electrons. The van der Waals surface area contributed by atoms with Gasteiger partial charge in [0.15, 0.2) is 5.60 Å². The maximum Gasteiger partial charge on any atom is 0.336 e. The Morgan fingerprint density at radius 2 is 1.94 bits per heavy atom. The molecule has 2 aliphatic rings. The maximum atomic E-state index is 11.7. The number of rotatable bonds is 10. The summed E-state index contributed by atoms with van der Waals surface area (Å²) in [5.41, 5.74) is 1.28. The van der Waals surface area contributed by atoms with Crippen LogP contribution in [-0.4, -0.2) is 59.4 Å². The molecule has 4 rings (SSSR count). The molecule has 0 spiro atoms. The van der Waals surface area contributed by atoms with E-state index in [0.717, 1.165) is 29.7 Å². The van der Waals surface area contributed by atoms with Gasteiger partial charge in [-0.25, -0.2) is 4.79 Å². The van der Waals surface area contributed by atoms with Gasteiger partial charge >= 0.3 is 5.97 Å². The van der Waals surface area contributed by atoms with Gasteiger partial charge in [0.2, 0.25) is 0 Å². The van der Waals surface area contributed by atoms with Crippen LogP contribution in [0.2, 0.25) is 0 Å². The highest BCUT2D eigenvalue weighted by atomic mass is 16.5. The molecule has 0 aromatic heterocycles. The summed E-state index contributed by atoms with van der Waals surface area (Å²) in [6.45, 7) is 0.938. The molecule has 2 heterocycles. The van der Waals surface area contributed by atoms with Crippen molar-refractivity contribution in [3.8, 4) is 17.2 Å². The zero-order chi connectivity index (χ0) is 22.6. The second kappa shape index (κ2) is 9.77. The molecule has 0 amide bonds. The molecular weight excluding hydrogens is 416 g/mol. The first-order valence-electron chi connectivity index (χ1n) is 10.8. The van der Waals surface area contributed by atoms with Crippen molar-refractivity contribution in [2.24, 2.45) is 0 Å².